The van der Waals surface area contributed by atoms with Gasteiger partial charge in [-0.1, -0.05) is 5.10 Å². The second-order valence-electron chi connectivity index (χ2n) is 5.06. The predicted molar refractivity (Wildman–Crippen MR) is 65.5 cm³/mol. The lowest BCUT2D eigenvalue weighted by molar-refractivity contribution is -0.129. The highest BCUT2D eigenvalue weighted by Gasteiger charge is 2.60. The standard InChI is InChI=1S/C12H10N4O3/c17-12(18)10-8-4-6-3-7(6)11(8)16(19,15-10)9-5-13-1-2-14-9/h1-2,5-7H,3-4H2,(H,17,18)/t6-,7-,16?/m0/s1. The summed E-state index contributed by atoms with van der Waals surface area (Å²) in [6, 6.07) is 0. The Bertz CT molecular complexity index is 654. The van der Waals surface area contributed by atoms with E-state index < -0.39 is 10.7 Å². The topological polar surface area (TPSA) is 98.5 Å². The number of aliphatic carboxylic acids is 1. The van der Waals surface area contributed by atoms with Crippen LogP contribution in [0.15, 0.2) is 35.0 Å². The van der Waals surface area contributed by atoms with E-state index in [4.69, 9.17) is 0 Å². The van der Waals surface area contributed by atoms with Gasteiger partial charge in [-0.15, -0.1) is 0 Å². The summed E-state index contributed by atoms with van der Waals surface area (Å²) in [7, 11) is 0. The summed E-state index contributed by atoms with van der Waals surface area (Å²) in [4.78, 5) is 19.1. The Labute approximate surface area is 108 Å². The van der Waals surface area contributed by atoms with Gasteiger partial charge in [0.05, 0.1) is 11.8 Å². The third-order valence-corrected chi connectivity index (χ3v) is 3.97. The normalized spacial score (nSPS) is 34.9. The zero-order valence-electron chi connectivity index (χ0n) is 9.85. The maximum atomic E-state index is 13.0. The van der Waals surface area contributed by atoms with Gasteiger partial charge in [0.1, 0.15) is 6.20 Å². The molecule has 1 aromatic rings. The van der Waals surface area contributed by atoms with E-state index in [1.165, 1.54) is 18.6 Å². The molecule has 3 atom stereocenters. The van der Waals surface area contributed by atoms with Crippen molar-refractivity contribution in [2.24, 2.45) is 16.9 Å². The Hall–Kier alpha value is -2.12. The molecule has 7 heteroatoms. The summed E-state index contributed by atoms with van der Waals surface area (Å²) in [5.41, 5.74) is 1.06. The van der Waals surface area contributed by atoms with Crippen LogP contribution in [0.25, 0.3) is 0 Å². The van der Waals surface area contributed by atoms with Gasteiger partial charge in [0.15, 0.2) is 5.70 Å². The average Bonchev–Trinajstić information content (AvgIpc) is 2.94. The molecule has 1 aliphatic heterocycles. The van der Waals surface area contributed by atoms with Gasteiger partial charge in [-0.3, -0.25) is 4.98 Å². The highest BCUT2D eigenvalue weighted by atomic mass is 16.6. The molecule has 1 N–H and O–H groups in total. The molecule has 1 aromatic heterocycles. The van der Waals surface area contributed by atoms with Gasteiger partial charge in [-0.05, 0) is 18.8 Å². The van der Waals surface area contributed by atoms with Gasteiger partial charge in [0.2, 0.25) is 5.71 Å². The molecule has 4 rings (SSSR count). The fraction of sp³-hybridized carbons (Fsp3) is 0.333. The molecule has 1 fully saturated rings. The summed E-state index contributed by atoms with van der Waals surface area (Å²) in [6.07, 6.45) is 5.83. The smallest absolute Gasteiger partial charge is 0.360 e. The van der Waals surface area contributed by atoms with Crippen molar-refractivity contribution in [2.45, 2.75) is 12.8 Å². The molecule has 0 saturated heterocycles. The molecule has 0 aromatic carbocycles. The van der Waals surface area contributed by atoms with Crippen molar-refractivity contribution in [3.8, 4) is 0 Å². The molecule has 2 aliphatic carbocycles. The molecule has 0 radical (unpaired) electrons. The predicted octanol–water partition coefficient (Wildman–Crippen LogP) is 1.03. The van der Waals surface area contributed by atoms with Gasteiger partial charge in [0.25, 0.3) is 5.82 Å². The van der Waals surface area contributed by atoms with Gasteiger partial charge in [-0.25, -0.2) is 4.79 Å². The minimum absolute atomic E-state index is 0.108. The molecular formula is C12H10N4O3. The van der Waals surface area contributed by atoms with Crippen LogP contribution in [-0.4, -0.2) is 26.8 Å². The molecule has 7 nitrogen and oxygen atoms in total. The third kappa shape index (κ3) is 1.28. The highest BCUT2D eigenvalue weighted by molar-refractivity contribution is 6.43. The second-order valence-corrected chi connectivity index (χ2v) is 5.06. The van der Waals surface area contributed by atoms with Crippen LogP contribution in [0.1, 0.15) is 12.8 Å². The van der Waals surface area contributed by atoms with E-state index in [-0.39, 0.29) is 17.4 Å². The first-order valence-corrected chi connectivity index (χ1v) is 6.05. The lowest BCUT2D eigenvalue weighted by Gasteiger charge is -2.31. The molecule has 0 amide bonds. The molecule has 96 valence electrons. The first-order chi connectivity index (χ1) is 9.11. The molecule has 1 unspecified atom stereocenters. The summed E-state index contributed by atoms with van der Waals surface area (Å²) < 4.78 is -1.12. The van der Waals surface area contributed by atoms with Gasteiger partial charge >= 0.3 is 5.97 Å². The van der Waals surface area contributed by atoms with E-state index in [1.807, 2.05) is 0 Å². The number of hydroxylamine groups is 1. The Morgan fingerprint density at radius 1 is 1.47 bits per heavy atom. The number of allylic oxidation sites excluding steroid dienone is 1. The molecule has 0 spiro atoms. The van der Waals surface area contributed by atoms with Gasteiger partial charge in [0, 0.05) is 12.1 Å². The Kier molecular flexibility index (Phi) is 1.84. The summed E-state index contributed by atoms with van der Waals surface area (Å²) >= 11 is 0. The minimum Gasteiger partial charge on any atom is -0.593 e. The Balaban J connectivity index is 1.91. The molecule has 3 aliphatic rings. The van der Waals surface area contributed by atoms with E-state index >= 15 is 0 Å². The number of carboxylic acids is 1. The zero-order chi connectivity index (χ0) is 13.2. The van der Waals surface area contributed by atoms with Gasteiger partial charge < -0.3 is 10.3 Å². The molecule has 2 heterocycles. The number of nitrogens with zero attached hydrogens (tertiary/aromatic N) is 4. The maximum absolute atomic E-state index is 13.0. The lowest BCUT2D eigenvalue weighted by Crippen LogP contribution is -2.36. The number of hydrogen-bond donors (Lipinski definition) is 1. The fourth-order valence-corrected chi connectivity index (χ4v) is 3.07. The third-order valence-electron chi connectivity index (χ3n) is 3.97. The molecule has 0 bridgehead atoms. The lowest BCUT2D eigenvalue weighted by atomic mass is 10.1. The number of hydrogen-bond acceptors (Lipinski definition) is 5. The van der Waals surface area contributed by atoms with Crippen LogP contribution in [-0.2, 0) is 4.79 Å². The van der Waals surface area contributed by atoms with E-state index in [2.05, 4.69) is 15.1 Å². The van der Waals surface area contributed by atoms with Crippen molar-refractivity contribution in [2.75, 3.05) is 0 Å². The van der Waals surface area contributed by atoms with E-state index in [9.17, 15) is 15.1 Å². The number of carboxylic acid groups (broad SMARTS) is 1. The quantitative estimate of drug-likeness (QED) is 0.631. The summed E-state index contributed by atoms with van der Waals surface area (Å²) in [5.74, 6) is -0.444. The number of quaternary nitrogens is 1. The van der Waals surface area contributed by atoms with Crippen LogP contribution in [0, 0.1) is 17.0 Å². The highest BCUT2D eigenvalue weighted by Crippen LogP contribution is 2.60. The SMILES string of the molecule is O=C(O)C1=N[N+]([O-])(c2cnccn2)C2=C1C[C@@H]1C[C@H]21. The van der Waals surface area contributed by atoms with Crippen LogP contribution < -0.4 is 4.76 Å². The molecule has 1 saturated carbocycles. The first kappa shape index (κ1) is 10.8. The summed E-state index contributed by atoms with van der Waals surface area (Å²) in [6.45, 7) is 0. The van der Waals surface area contributed by atoms with Crippen LogP contribution in [0.2, 0.25) is 0 Å². The summed E-state index contributed by atoms with van der Waals surface area (Å²) in [5, 5.41) is 26.1. The van der Waals surface area contributed by atoms with Crippen molar-refractivity contribution in [1.29, 1.82) is 0 Å². The van der Waals surface area contributed by atoms with Crippen LogP contribution in [0.5, 0.6) is 0 Å². The Morgan fingerprint density at radius 3 is 3.00 bits per heavy atom. The molecule has 19 heavy (non-hydrogen) atoms. The molecular weight excluding hydrogens is 248 g/mol. The monoisotopic (exact) mass is 258 g/mol. The number of carbonyl (C=O) groups is 1. The fourth-order valence-electron chi connectivity index (χ4n) is 3.07. The van der Waals surface area contributed by atoms with Gasteiger partial charge in [-0.2, -0.15) is 9.74 Å². The van der Waals surface area contributed by atoms with Crippen molar-refractivity contribution < 1.29 is 9.90 Å². The second kappa shape index (κ2) is 3.25. The first-order valence-electron chi connectivity index (χ1n) is 6.05. The average molecular weight is 258 g/mol. The number of fused-ring (bicyclic) bond motifs is 2. The minimum atomic E-state index is -1.14. The maximum Gasteiger partial charge on any atom is 0.360 e. The van der Waals surface area contributed by atoms with Crippen molar-refractivity contribution in [1.82, 2.24) is 14.7 Å². The van der Waals surface area contributed by atoms with Crippen LogP contribution >= 0.6 is 0 Å². The van der Waals surface area contributed by atoms with Crippen LogP contribution in [0.4, 0.5) is 5.82 Å². The van der Waals surface area contributed by atoms with Crippen molar-refractivity contribution in [3.63, 3.8) is 0 Å². The van der Waals surface area contributed by atoms with E-state index in [0.717, 1.165) is 6.42 Å². The number of rotatable bonds is 2. The van der Waals surface area contributed by atoms with E-state index in [1.54, 1.807) is 0 Å². The van der Waals surface area contributed by atoms with Crippen LogP contribution in [0.3, 0.4) is 0 Å². The Morgan fingerprint density at radius 2 is 2.32 bits per heavy atom. The van der Waals surface area contributed by atoms with E-state index in [0.29, 0.717) is 23.6 Å². The zero-order valence-corrected chi connectivity index (χ0v) is 9.85. The number of aromatic nitrogens is 2. The van der Waals surface area contributed by atoms with Crippen molar-refractivity contribution >= 4 is 17.5 Å². The largest absolute Gasteiger partial charge is 0.593 e. The van der Waals surface area contributed by atoms with Crippen molar-refractivity contribution in [3.05, 3.63) is 35.1 Å².